The molecule has 0 aromatic rings. The summed E-state index contributed by atoms with van der Waals surface area (Å²) >= 11 is 3.42. The number of amides is 1. The summed E-state index contributed by atoms with van der Waals surface area (Å²) in [4.78, 5) is 12.4. The fourth-order valence-corrected chi connectivity index (χ4v) is 1.42. The molecule has 1 fully saturated rings. The molecule has 1 amide bonds. The summed E-state index contributed by atoms with van der Waals surface area (Å²) in [5.74, 6) is 0. The van der Waals surface area contributed by atoms with Crippen molar-refractivity contribution in [3.63, 3.8) is 0 Å². The predicted octanol–water partition coefficient (Wildman–Crippen LogP) is 0.612. The van der Waals surface area contributed by atoms with Crippen molar-refractivity contribution in [2.45, 2.75) is 11.2 Å². The second-order valence-corrected chi connectivity index (χ2v) is 3.28. The van der Waals surface area contributed by atoms with Crippen LogP contribution in [-0.2, 0) is 4.79 Å². The molecule has 0 spiro atoms. The SMILES string of the molecule is O=CN1CCC(Br)C1. The Morgan fingerprint density at radius 2 is 2.50 bits per heavy atom. The summed E-state index contributed by atoms with van der Waals surface area (Å²) in [7, 11) is 0. The fraction of sp³-hybridized carbons (Fsp3) is 0.800. The molecule has 3 heteroatoms. The molecule has 1 heterocycles. The van der Waals surface area contributed by atoms with E-state index in [2.05, 4.69) is 15.9 Å². The third kappa shape index (κ3) is 1.22. The summed E-state index contributed by atoms with van der Waals surface area (Å²) in [5, 5.41) is 0. The molecular weight excluding hydrogens is 170 g/mol. The normalized spacial score (nSPS) is 28.6. The number of halogens is 1. The quantitative estimate of drug-likeness (QED) is 0.425. The van der Waals surface area contributed by atoms with Gasteiger partial charge in [0.2, 0.25) is 6.41 Å². The minimum atomic E-state index is 0.535. The molecule has 1 aliphatic rings. The van der Waals surface area contributed by atoms with Crippen LogP contribution in [0.15, 0.2) is 0 Å². The lowest BCUT2D eigenvalue weighted by atomic mass is 10.4. The Labute approximate surface area is 57.0 Å². The van der Waals surface area contributed by atoms with Crippen LogP contribution in [0, 0.1) is 0 Å². The van der Waals surface area contributed by atoms with Gasteiger partial charge in [0.1, 0.15) is 0 Å². The van der Waals surface area contributed by atoms with E-state index in [4.69, 9.17) is 0 Å². The van der Waals surface area contributed by atoms with Crippen LogP contribution in [0.1, 0.15) is 6.42 Å². The van der Waals surface area contributed by atoms with Gasteiger partial charge in [-0.15, -0.1) is 0 Å². The highest BCUT2D eigenvalue weighted by molar-refractivity contribution is 9.09. The van der Waals surface area contributed by atoms with E-state index in [1.54, 1.807) is 4.90 Å². The van der Waals surface area contributed by atoms with Crippen LogP contribution >= 0.6 is 15.9 Å². The van der Waals surface area contributed by atoms with E-state index < -0.39 is 0 Å². The van der Waals surface area contributed by atoms with Crippen LogP contribution in [0.25, 0.3) is 0 Å². The maximum atomic E-state index is 10.1. The van der Waals surface area contributed by atoms with Gasteiger partial charge in [0.25, 0.3) is 0 Å². The van der Waals surface area contributed by atoms with E-state index in [9.17, 15) is 4.79 Å². The summed E-state index contributed by atoms with van der Waals surface area (Å²) in [5.41, 5.74) is 0. The standard InChI is InChI=1S/C5H8BrNO/c6-5-1-2-7(3-5)4-8/h4-5H,1-3H2. The number of alkyl halides is 1. The summed E-state index contributed by atoms with van der Waals surface area (Å²) < 4.78 is 0. The molecule has 1 atom stereocenters. The van der Waals surface area contributed by atoms with E-state index in [0.717, 1.165) is 25.9 Å². The van der Waals surface area contributed by atoms with E-state index in [1.165, 1.54) is 0 Å². The molecule has 0 aliphatic carbocycles. The molecule has 1 saturated heterocycles. The molecule has 0 N–H and O–H groups in total. The predicted molar refractivity (Wildman–Crippen MR) is 35.0 cm³/mol. The molecule has 0 aromatic heterocycles. The Morgan fingerprint density at radius 1 is 1.75 bits per heavy atom. The molecule has 0 radical (unpaired) electrons. The van der Waals surface area contributed by atoms with Crippen LogP contribution < -0.4 is 0 Å². The van der Waals surface area contributed by atoms with Crippen LogP contribution in [0.3, 0.4) is 0 Å². The number of carbonyl (C=O) groups excluding carboxylic acids is 1. The highest BCUT2D eigenvalue weighted by Gasteiger charge is 2.17. The van der Waals surface area contributed by atoms with E-state index in [-0.39, 0.29) is 0 Å². The zero-order chi connectivity index (χ0) is 5.98. The van der Waals surface area contributed by atoms with Crippen LogP contribution in [-0.4, -0.2) is 29.2 Å². The first-order valence-electron chi connectivity index (χ1n) is 2.66. The van der Waals surface area contributed by atoms with Gasteiger partial charge >= 0.3 is 0 Å². The highest BCUT2D eigenvalue weighted by Crippen LogP contribution is 2.13. The summed E-state index contributed by atoms with van der Waals surface area (Å²) in [6.07, 6.45) is 2.00. The van der Waals surface area contributed by atoms with Crippen LogP contribution in [0.5, 0.6) is 0 Å². The number of hydrogen-bond acceptors (Lipinski definition) is 1. The molecular formula is C5H8BrNO. The van der Waals surface area contributed by atoms with E-state index >= 15 is 0 Å². The molecule has 1 aliphatic heterocycles. The number of nitrogens with zero attached hydrogens (tertiary/aromatic N) is 1. The Bertz CT molecular complexity index is 96.4. The Morgan fingerprint density at radius 3 is 2.75 bits per heavy atom. The first-order chi connectivity index (χ1) is 3.83. The van der Waals surface area contributed by atoms with Crippen LogP contribution in [0.4, 0.5) is 0 Å². The van der Waals surface area contributed by atoms with Crippen molar-refractivity contribution in [3.8, 4) is 0 Å². The number of rotatable bonds is 1. The van der Waals surface area contributed by atoms with Crippen molar-refractivity contribution in [2.75, 3.05) is 13.1 Å². The largest absolute Gasteiger partial charge is 0.344 e. The third-order valence-corrected chi connectivity index (χ3v) is 2.06. The minimum Gasteiger partial charge on any atom is -0.344 e. The van der Waals surface area contributed by atoms with Gasteiger partial charge < -0.3 is 4.90 Å². The zero-order valence-electron chi connectivity index (χ0n) is 4.51. The van der Waals surface area contributed by atoms with Crippen molar-refractivity contribution in [1.29, 1.82) is 0 Å². The van der Waals surface area contributed by atoms with Crippen molar-refractivity contribution < 1.29 is 4.79 Å². The zero-order valence-corrected chi connectivity index (χ0v) is 6.10. The lowest BCUT2D eigenvalue weighted by Crippen LogP contribution is -2.17. The molecule has 1 unspecified atom stereocenters. The monoisotopic (exact) mass is 177 g/mol. The van der Waals surface area contributed by atoms with Crippen molar-refractivity contribution in [2.24, 2.45) is 0 Å². The average Bonchev–Trinajstić information content (AvgIpc) is 2.14. The van der Waals surface area contributed by atoms with Gasteiger partial charge in [-0.3, -0.25) is 4.79 Å². The van der Waals surface area contributed by atoms with Gasteiger partial charge in [-0.25, -0.2) is 0 Å². The van der Waals surface area contributed by atoms with Gasteiger partial charge in [-0.2, -0.15) is 0 Å². The Hall–Kier alpha value is -0.0500. The molecule has 0 aromatic carbocycles. The minimum absolute atomic E-state index is 0.535. The van der Waals surface area contributed by atoms with Gasteiger partial charge in [-0.05, 0) is 6.42 Å². The van der Waals surface area contributed by atoms with Gasteiger partial charge in [0.05, 0.1) is 0 Å². The molecule has 1 rings (SSSR count). The number of likely N-dealkylation sites (tertiary alicyclic amines) is 1. The number of hydrogen-bond donors (Lipinski definition) is 0. The molecule has 2 nitrogen and oxygen atoms in total. The lowest BCUT2D eigenvalue weighted by molar-refractivity contribution is -0.117. The first kappa shape index (κ1) is 6.08. The van der Waals surface area contributed by atoms with E-state index in [1.807, 2.05) is 0 Å². The molecule has 8 heavy (non-hydrogen) atoms. The maximum Gasteiger partial charge on any atom is 0.209 e. The highest BCUT2D eigenvalue weighted by atomic mass is 79.9. The second kappa shape index (κ2) is 2.49. The maximum absolute atomic E-state index is 10.1. The first-order valence-corrected chi connectivity index (χ1v) is 3.58. The van der Waals surface area contributed by atoms with E-state index in [0.29, 0.717) is 4.83 Å². The fourth-order valence-electron chi connectivity index (χ4n) is 0.839. The number of carbonyl (C=O) groups is 1. The van der Waals surface area contributed by atoms with Crippen molar-refractivity contribution in [3.05, 3.63) is 0 Å². The van der Waals surface area contributed by atoms with Gasteiger partial charge in [0, 0.05) is 17.9 Å². The lowest BCUT2D eigenvalue weighted by Gasteiger charge is -2.04. The Balaban J connectivity index is 2.32. The topological polar surface area (TPSA) is 20.3 Å². The molecule has 0 bridgehead atoms. The molecule has 46 valence electrons. The van der Waals surface area contributed by atoms with Crippen molar-refractivity contribution in [1.82, 2.24) is 4.90 Å². The van der Waals surface area contributed by atoms with Gasteiger partial charge in [0.15, 0.2) is 0 Å². The average molecular weight is 178 g/mol. The second-order valence-electron chi connectivity index (χ2n) is 1.99. The van der Waals surface area contributed by atoms with Gasteiger partial charge in [-0.1, -0.05) is 15.9 Å². The smallest absolute Gasteiger partial charge is 0.209 e. The molecule has 0 saturated carbocycles. The van der Waals surface area contributed by atoms with Crippen LogP contribution in [0.2, 0.25) is 0 Å². The van der Waals surface area contributed by atoms with Crippen molar-refractivity contribution >= 4 is 22.3 Å². The third-order valence-electron chi connectivity index (χ3n) is 1.31. The Kier molecular flexibility index (Phi) is 1.89. The summed E-state index contributed by atoms with van der Waals surface area (Å²) in [6.45, 7) is 1.79. The summed E-state index contributed by atoms with van der Waals surface area (Å²) in [6, 6.07) is 0.